The standard InChI is InChI=1S/C19H23N3O3/c1-5-6-7-24-17-8-14(2)19(15(3)9-17)25-13-16-10-20-18(21-11-16)12-22-23-4/h5-6,8-12H,7,13H2,1-4H3/b6-5+,22-12+. The van der Waals surface area contributed by atoms with Crippen LogP contribution in [0.2, 0.25) is 0 Å². The molecule has 6 heteroatoms. The molecule has 2 rings (SSSR count). The van der Waals surface area contributed by atoms with E-state index in [9.17, 15) is 0 Å². The van der Waals surface area contributed by atoms with Crippen LogP contribution >= 0.6 is 0 Å². The van der Waals surface area contributed by atoms with Crippen LogP contribution in [0.15, 0.2) is 41.8 Å². The fourth-order valence-corrected chi connectivity index (χ4v) is 2.22. The lowest BCUT2D eigenvalue weighted by molar-refractivity contribution is 0.215. The molecule has 0 atom stereocenters. The molecule has 0 saturated heterocycles. The van der Waals surface area contributed by atoms with Crippen LogP contribution in [0.5, 0.6) is 11.5 Å². The summed E-state index contributed by atoms with van der Waals surface area (Å²) >= 11 is 0. The van der Waals surface area contributed by atoms with E-state index in [1.54, 1.807) is 12.4 Å². The van der Waals surface area contributed by atoms with Crippen LogP contribution < -0.4 is 9.47 Å². The normalized spacial score (nSPS) is 11.2. The molecule has 0 radical (unpaired) electrons. The molecule has 0 saturated carbocycles. The molecule has 0 aliphatic heterocycles. The third-order valence-electron chi connectivity index (χ3n) is 3.40. The number of nitrogens with zero attached hydrogens (tertiary/aromatic N) is 3. The lowest BCUT2D eigenvalue weighted by Gasteiger charge is -2.14. The summed E-state index contributed by atoms with van der Waals surface area (Å²) in [5.41, 5.74) is 2.93. The van der Waals surface area contributed by atoms with Crippen LogP contribution in [0, 0.1) is 13.8 Å². The van der Waals surface area contributed by atoms with E-state index >= 15 is 0 Å². The van der Waals surface area contributed by atoms with Gasteiger partial charge in [-0.05, 0) is 44.0 Å². The number of allylic oxidation sites excluding steroid dienone is 1. The summed E-state index contributed by atoms with van der Waals surface area (Å²) in [5.74, 6) is 2.18. The van der Waals surface area contributed by atoms with Gasteiger partial charge in [0.1, 0.15) is 38.0 Å². The Kier molecular flexibility index (Phi) is 6.95. The number of aryl methyl sites for hydroxylation is 2. The molecule has 0 amide bonds. The van der Waals surface area contributed by atoms with E-state index in [-0.39, 0.29) is 0 Å². The fraction of sp³-hybridized carbons (Fsp3) is 0.316. The minimum Gasteiger partial charge on any atom is -0.490 e. The van der Waals surface area contributed by atoms with Crippen molar-refractivity contribution in [1.29, 1.82) is 0 Å². The average molecular weight is 341 g/mol. The first-order chi connectivity index (χ1) is 12.1. The zero-order valence-corrected chi connectivity index (χ0v) is 15.0. The van der Waals surface area contributed by atoms with Crippen molar-refractivity contribution in [3.8, 4) is 11.5 Å². The summed E-state index contributed by atoms with van der Waals surface area (Å²) in [5, 5.41) is 3.63. The molecular formula is C19H23N3O3. The number of oxime groups is 1. The van der Waals surface area contributed by atoms with Crippen LogP contribution in [0.3, 0.4) is 0 Å². The van der Waals surface area contributed by atoms with Crippen molar-refractivity contribution < 1.29 is 14.3 Å². The first-order valence-electron chi connectivity index (χ1n) is 7.99. The summed E-state index contributed by atoms with van der Waals surface area (Å²) in [4.78, 5) is 13.0. The monoisotopic (exact) mass is 341 g/mol. The Morgan fingerprint density at radius 1 is 1.08 bits per heavy atom. The highest BCUT2D eigenvalue weighted by Crippen LogP contribution is 2.29. The van der Waals surface area contributed by atoms with Gasteiger partial charge in [-0.15, -0.1) is 0 Å². The van der Waals surface area contributed by atoms with E-state index in [1.807, 2.05) is 45.1 Å². The first kappa shape index (κ1) is 18.4. The average Bonchev–Trinajstić information content (AvgIpc) is 2.60. The van der Waals surface area contributed by atoms with Gasteiger partial charge in [0, 0.05) is 18.0 Å². The molecule has 1 aromatic heterocycles. The smallest absolute Gasteiger partial charge is 0.173 e. The van der Waals surface area contributed by atoms with Crippen LogP contribution in [-0.4, -0.2) is 29.9 Å². The van der Waals surface area contributed by atoms with Crippen molar-refractivity contribution in [1.82, 2.24) is 9.97 Å². The Hall–Kier alpha value is -2.89. The highest BCUT2D eigenvalue weighted by molar-refractivity contribution is 5.73. The molecule has 1 heterocycles. The van der Waals surface area contributed by atoms with E-state index in [0.717, 1.165) is 28.2 Å². The van der Waals surface area contributed by atoms with Crippen molar-refractivity contribution in [3.63, 3.8) is 0 Å². The Bertz CT molecular complexity index is 717. The molecule has 1 aromatic carbocycles. The van der Waals surface area contributed by atoms with Gasteiger partial charge >= 0.3 is 0 Å². The van der Waals surface area contributed by atoms with Gasteiger partial charge in [0.2, 0.25) is 0 Å². The van der Waals surface area contributed by atoms with E-state index in [1.165, 1.54) is 13.3 Å². The van der Waals surface area contributed by atoms with Gasteiger partial charge in [0.05, 0.1) is 0 Å². The minimum absolute atomic E-state index is 0.391. The summed E-state index contributed by atoms with van der Waals surface area (Å²) < 4.78 is 11.6. The second-order valence-electron chi connectivity index (χ2n) is 5.42. The van der Waals surface area contributed by atoms with Crippen LogP contribution in [0.25, 0.3) is 0 Å². The van der Waals surface area contributed by atoms with Crippen molar-refractivity contribution in [2.75, 3.05) is 13.7 Å². The van der Waals surface area contributed by atoms with Crippen LogP contribution in [0.1, 0.15) is 29.4 Å². The highest BCUT2D eigenvalue weighted by Gasteiger charge is 2.08. The molecular weight excluding hydrogens is 318 g/mol. The molecule has 0 aliphatic rings. The third kappa shape index (κ3) is 5.60. The number of benzene rings is 1. The fourth-order valence-electron chi connectivity index (χ4n) is 2.22. The van der Waals surface area contributed by atoms with Gasteiger partial charge in [-0.2, -0.15) is 0 Å². The SMILES string of the molecule is C/C=C/COc1cc(C)c(OCc2cnc(/C=N/OC)nc2)c(C)c1. The molecule has 132 valence electrons. The molecule has 0 fully saturated rings. The maximum atomic E-state index is 5.95. The van der Waals surface area contributed by atoms with Crippen molar-refractivity contribution in [2.45, 2.75) is 27.4 Å². The molecule has 0 N–H and O–H groups in total. The van der Waals surface area contributed by atoms with Gasteiger partial charge < -0.3 is 14.3 Å². The Morgan fingerprint density at radius 3 is 2.36 bits per heavy atom. The molecule has 0 unspecified atom stereocenters. The second-order valence-corrected chi connectivity index (χ2v) is 5.42. The van der Waals surface area contributed by atoms with E-state index < -0.39 is 0 Å². The summed E-state index contributed by atoms with van der Waals surface area (Å²) in [6.45, 7) is 6.93. The maximum absolute atomic E-state index is 5.95. The predicted molar refractivity (Wildman–Crippen MR) is 97.2 cm³/mol. The van der Waals surface area contributed by atoms with Crippen LogP contribution in [-0.2, 0) is 11.4 Å². The van der Waals surface area contributed by atoms with Gasteiger partial charge in [-0.3, -0.25) is 0 Å². The Balaban J connectivity index is 2.01. The lowest BCUT2D eigenvalue weighted by Crippen LogP contribution is -2.03. The topological polar surface area (TPSA) is 65.8 Å². The van der Waals surface area contributed by atoms with Crippen molar-refractivity contribution >= 4 is 6.21 Å². The van der Waals surface area contributed by atoms with Crippen molar-refractivity contribution in [2.24, 2.45) is 5.16 Å². The minimum atomic E-state index is 0.391. The highest BCUT2D eigenvalue weighted by atomic mass is 16.6. The van der Waals surface area contributed by atoms with Gasteiger partial charge in [-0.1, -0.05) is 17.3 Å². The molecule has 0 bridgehead atoms. The molecule has 0 spiro atoms. The maximum Gasteiger partial charge on any atom is 0.173 e. The largest absolute Gasteiger partial charge is 0.490 e. The number of aromatic nitrogens is 2. The number of ether oxygens (including phenoxy) is 2. The molecule has 0 aliphatic carbocycles. The van der Waals surface area contributed by atoms with Gasteiger partial charge in [0.25, 0.3) is 0 Å². The van der Waals surface area contributed by atoms with Gasteiger partial charge in [-0.25, -0.2) is 9.97 Å². The van der Waals surface area contributed by atoms with Crippen molar-refractivity contribution in [3.05, 3.63) is 59.2 Å². The third-order valence-corrected chi connectivity index (χ3v) is 3.40. The number of rotatable bonds is 8. The quantitative estimate of drug-likeness (QED) is 0.417. The molecule has 2 aromatic rings. The first-order valence-corrected chi connectivity index (χ1v) is 7.99. The summed E-state index contributed by atoms with van der Waals surface area (Å²) in [7, 11) is 1.47. The lowest BCUT2D eigenvalue weighted by atomic mass is 10.1. The Labute approximate surface area is 148 Å². The summed E-state index contributed by atoms with van der Waals surface area (Å²) in [6.07, 6.45) is 8.81. The zero-order valence-electron chi connectivity index (χ0n) is 15.0. The molecule has 25 heavy (non-hydrogen) atoms. The predicted octanol–water partition coefficient (Wildman–Crippen LogP) is 3.61. The second kappa shape index (κ2) is 9.42. The zero-order chi connectivity index (χ0) is 18.1. The number of hydrogen-bond acceptors (Lipinski definition) is 6. The van der Waals surface area contributed by atoms with Crippen LogP contribution in [0.4, 0.5) is 0 Å². The number of hydrogen-bond donors (Lipinski definition) is 0. The molecule has 6 nitrogen and oxygen atoms in total. The van der Waals surface area contributed by atoms with E-state index in [0.29, 0.717) is 19.0 Å². The Morgan fingerprint density at radius 2 is 1.76 bits per heavy atom. The van der Waals surface area contributed by atoms with E-state index in [4.69, 9.17) is 9.47 Å². The van der Waals surface area contributed by atoms with Gasteiger partial charge in [0.15, 0.2) is 5.82 Å². The van der Waals surface area contributed by atoms with E-state index in [2.05, 4.69) is 20.0 Å². The summed E-state index contributed by atoms with van der Waals surface area (Å²) in [6, 6.07) is 3.96.